The SMILES string of the molecule is Cc1ccccc1NC(=O)CCCCCCC(=O)c1nc(-c2nccs2)sc1CC(C)C. The number of amides is 1. The smallest absolute Gasteiger partial charge is 0.224 e. The standard InChI is InChI=1S/C25H31N3O2S2/c1-17(2)16-21-23(28-25(32-21)24-26-14-15-31-24)20(29)12-6-4-5-7-13-22(30)27-19-11-9-8-10-18(19)3/h8-11,14-15,17H,4-7,12-13,16H2,1-3H3,(H,27,30). The maximum Gasteiger partial charge on any atom is 0.224 e. The summed E-state index contributed by atoms with van der Waals surface area (Å²) in [4.78, 5) is 35.1. The molecule has 0 saturated carbocycles. The number of hydrogen-bond acceptors (Lipinski definition) is 6. The van der Waals surface area contributed by atoms with Crippen LogP contribution < -0.4 is 5.32 Å². The molecule has 0 aliphatic rings. The summed E-state index contributed by atoms with van der Waals surface area (Å²) < 4.78 is 0. The number of nitrogens with one attached hydrogen (secondary N) is 1. The molecule has 32 heavy (non-hydrogen) atoms. The van der Waals surface area contributed by atoms with Gasteiger partial charge < -0.3 is 5.32 Å². The van der Waals surface area contributed by atoms with E-state index in [0.29, 0.717) is 24.5 Å². The second kappa shape index (κ2) is 12.0. The molecule has 0 bridgehead atoms. The predicted octanol–water partition coefficient (Wildman–Crippen LogP) is 6.94. The van der Waals surface area contributed by atoms with E-state index in [0.717, 1.165) is 58.2 Å². The van der Waals surface area contributed by atoms with Crippen molar-refractivity contribution in [2.24, 2.45) is 5.92 Å². The van der Waals surface area contributed by atoms with Gasteiger partial charge in [0.1, 0.15) is 5.69 Å². The fraction of sp³-hybridized carbons (Fsp3) is 0.440. The summed E-state index contributed by atoms with van der Waals surface area (Å²) in [6, 6.07) is 7.80. The Bertz CT molecular complexity index is 1030. The van der Waals surface area contributed by atoms with Crippen molar-refractivity contribution in [3.8, 4) is 10.0 Å². The van der Waals surface area contributed by atoms with Crippen molar-refractivity contribution in [2.75, 3.05) is 5.32 Å². The van der Waals surface area contributed by atoms with Crippen molar-refractivity contribution in [3.63, 3.8) is 0 Å². The first-order valence-electron chi connectivity index (χ1n) is 11.2. The summed E-state index contributed by atoms with van der Waals surface area (Å²) in [5, 5.41) is 6.63. The maximum absolute atomic E-state index is 12.9. The third kappa shape index (κ3) is 7.07. The minimum absolute atomic E-state index is 0.0471. The lowest BCUT2D eigenvalue weighted by Gasteiger charge is -2.08. The zero-order valence-electron chi connectivity index (χ0n) is 19.0. The first kappa shape index (κ1) is 24.3. The van der Waals surface area contributed by atoms with Crippen molar-refractivity contribution in [2.45, 2.75) is 65.7 Å². The molecule has 3 aromatic rings. The lowest BCUT2D eigenvalue weighted by molar-refractivity contribution is -0.116. The maximum atomic E-state index is 12.9. The zero-order valence-corrected chi connectivity index (χ0v) is 20.7. The highest BCUT2D eigenvalue weighted by atomic mass is 32.1. The minimum atomic E-state index is 0.0471. The number of rotatable bonds is 12. The third-order valence-corrected chi connectivity index (χ3v) is 7.14. The van der Waals surface area contributed by atoms with Gasteiger partial charge in [0.2, 0.25) is 5.91 Å². The summed E-state index contributed by atoms with van der Waals surface area (Å²) in [6.45, 7) is 6.31. The van der Waals surface area contributed by atoms with E-state index < -0.39 is 0 Å². The number of aromatic nitrogens is 2. The fourth-order valence-corrected chi connectivity index (χ4v) is 5.44. The van der Waals surface area contributed by atoms with Crippen LogP contribution in [0.4, 0.5) is 5.69 Å². The number of ketones is 1. The number of Topliss-reactive ketones (excluding diaryl/α,β-unsaturated/α-hetero) is 1. The van der Waals surface area contributed by atoms with Crippen LogP contribution in [0.15, 0.2) is 35.8 Å². The molecular weight excluding hydrogens is 438 g/mol. The van der Waals surface area contributed by atoms with Crippen LogP contribution in [0.2, 0.25) is 0 Å². The fourth-order valence-electron chi connectivity index (χ4n) is 3.47. The first-order chi connectivity index (χ1) is 15.4. The van der Waals surface area contributed by atoms with E-state index in [9.17, 15) is 9.59 Å². The van der Waals surface area contributed by atoms with Crippen molar-refractivity contribution < 1.29 is 9.59 Å². The number of hydrogen-bond donors (Lipinski definition) is 1. The normalized spacial score (nSPS) is 11.1. The van der Waals surface area contributed by atoms with Crippen LogP contribution in [0.5, 0.6) is 0 Å². The van der Waals surface area contributed by atoms with E-state index >= 15 is 0 Å². The number of carbonyl (C=O) groups excluding carboxylic acids is 2. The first-order valence-corrected chi connectivity index (χ1v) is 12.9. The molecule has 170 valence electrons. The van der Waals surface area contributed by atoms with E-state index in [1.807, 2.05) is 36.6 Å². The van der Waals surface area contributed by atoms with Crippen LogP contribution in [0, 0.1) is 12.8 Å². The molecule has 0 atom stereocenters. The van der Waals surface area contributed by atoms with Crippen LogP contribution in [-0.2, 0) is 11.2 Å². The molecular formula is C25H31N3O2S2. The largest absolute Gasteiger partial charge is 0.326 e. The Kier molecular flexibility index (Phi) is 9.11. The van der Waals surface area contributed by atoms with Crippen LogP contribution in [0.1, 0.15) is 73.3 Å². The highest BCUT2D eigenvalue weighted by molar-refractivity contribution is 7.20. The number of aryl methyl sites for hydroxylation is 1. The molecule has 0 unspecified atom stereocenters. The quantitative estimate of drug-likeness (QED) is 0.230. The summed E-state index contributed by atoms with van der Waals surface area (Å²) in [6.07, 6.45) is 7.16. The number of carbonyl (C=O) groups is 2. The van der Waals surface area contributed by atoms with E-state index in [1.165, 1.54) is 0 Å². The average Bonchev–Trinajstić information content (AvgIpc) is 3.42. The van der Waals surface area contributed by atoms with Crippen molar-refractivity contribution >= 4 is 40.1 Å². The van der Waals surface area contributed by atoms with Gasteiger partial charge in [0.25, 0.3) is 0 Å². The van der Waals surface area contributed by atoms with Crippen LogP contribution >= 0.6 is 22.7 Å². The van der Waals surface area contributed by atoms with Gasteiger partial charge in [-0.1, -0.05) is 44.9 Å². The van der Waals surface area contributed by atoms with Gasteiger partial charge in [-0.2, -0.15) is 0 Å². The van der Waals surface area contributed by atoms with Gasteiger partial charge in [-0.05, 0) is 43.7 Å². The van der Waals surface area contributed by atoms with E-state index in [1.54, 1.807) is 28.9 Å². The van der Waals surface area contributed by atoms with Gasteiger partial charge in [-0.3, -0.25) is 9.59 Å². The molecule has 7 heteroatoms. The Morgan fingerprint density at radius 2 is 1.78 bits per heavy atom. The molecule has 2 aromatic heterocycles. The number of benzene rings is 1. The number of anilines is 1. The second-order valence-corrected chi connectivity index (χ2v) is 10.4. The molecule has 0 spiro atoms. The Morgan fingerprint density at radius 3 is 2.47 bits per heavy atom. The van der Waals surface area contributed by atoms with Crippen molar-refractivity contribution in [1.82, 2.24) is 9.97 Å². The third-order valence-electron chi connectivity index (χ3n) is 5.15. The topological polar surface area (TPSA) is 72.0 Å². The molecule has 1 N–H and O–H groups in total. The number of thiazole rings is 2. The molecule has 0 aliphatic heterocycles. The minimum Gasteiger partial charge on any atom is -0.326 e. The highest BCUT2D eigenvalue weighted by Crippen LogP contribution is 2.32. The van der Waals surface area contributed by atoms with E-state index in [2.05, 4.69) is 29.1 Å². The van der Waals surface area contributed by atoms with Crippen molar-refractivity contribution in [1.29, 1.82) is 0 Å². The number of unbranched alkanes of at least 4 members (excludes halogenated alkanes) is 3. The molecule has 2 heterocycles. The Morgan fingerprint density at radius 1 is 1.03 bits per heavy atom. The monoisotopic (exact) mass is 469 g/mol. The lowest BCUT2D eigenvalue weighted by Crippen LogP contribution is -2.11. The molecule has 0 fully saturated rings. The summed E-state index contributed by atoms with van der Waals surface area (Å²) in [5.41, 5.74) is 2.57. The predicted molar refractivity (Wildman–Crippen MR) is 134 cm³/mol. The molecule has 1 aromatic carbocycles. The Balaban J connectivity index is 1.43. The van der Waals surface area contributed by atoms with Crippen molar-refractivity contribution in [3.05, 3.63) is 52.0 Å². The van der Waals surface area contributed by atoms with Gasteiger partial charge in [-0.15, -0.1) is 22.7 Å². The van der Waals surface area contributed by atoms with Gasteiger partial charge in [0, 0.05) is 35.0 Å². The molecule has 0 aliphatic carbocycles. The Hall–Kier alpha value is -2.38. The Labute approximate surface area is 198 Å². The summed E-state index contributed by atoms with van der Waals surface area (Å²) >= 11 is 3.15. The second-order valence-electron chi connectivity index (χ2n) is 8.43. The van der Waals surface area contributed by atoms with Crippen LogP contribution in [0.25, 0.3) is 10.0 Å². The van der Waals surface area contributed by atoms with E-state index in [4.69, 9.17) is 0 Å². The van der Waals surface area contributed by atoms with Gasteiger partial charge >= 0.3 is 0 Å². The van der Waals surface area contributed by atoms with Gasteiger partial charge in [0.15, 0.2) is 15.8 Å². The zero-order chi connectivity index (χ0) is 22.9. The van der Waals surface area contributed by atoms with Gasteiger partial charge in [-0.25, -0.2) is 9.97 Å². The number of nitrogens with zero attached hydrogens (tertiary/aromatic N) is 2. The van der Waals surface area contributed by atoms with Gasteiger partial charge in [0.05, 0.1) is 0 Å². The van der Waals surface area contributed by atoms with Crippen LogP contribution in [-0.4, -0.2) is 21.7 Å². The highest BCUT2D eigenvalue weighted by Gasteiger charge is 2.20. The number of para-hydroxylation sites is 1. The molecule has 3 rings (SSSR count). The summed E-state index contributed by atoms with van der Waals surface area (Å²) in [5.74, 6) is 0.639. The molecule has 0 radical (unpaired) electrons. The molecule has 0 saturated heterocycles. The lowest BCUT2D eigenvalue weighted by atomic mass is 10.0. The van der Waals surface area contributed by atoms with E-state index in [-0.39, 0.29) is 11.7 Å². The van der Waals surface area contributed by atoms with Crippen LogP contribution in [0.3, 0.4) is 0 Å². The average molecular weight is 470 g/mol. The molecule has 5 nitrogen and oxygen atoms in total. The molecule has 1 amide bonds. The summed E-state index contributed by atoms with van der Waals surface area (Å²) in [7, 11) is 0.